The van der Waals surface area contributed by atoms with E-state index in [4.69, 9.17) is 4.74 Å². The molecule has 0 N–H and O–H groups in total. The number of fused-ring (bicyclic) bond motifs is 1. The van der Waals surface area contributed by atoms with Gasteiger partial charge >= 0.3 is 0 Å². The van der Waals surface area contributed by atoms with Crippen molar-refractivity contribution in [3.8, 4) is 5.75 Å². The van der Waals surface area contributed by atoms with Crippen molar-refractivity contribution in [1.29, 1.82) is 0 Å². The van der Waals surface area contributed by atoms with Gasteiger partial charge in [0.15, 0.2) is 11.6 Å². The summed E-state index contributed by atoms with van der Waals surface area (Å²) in [6.45, 7) is 4.85. The molecule has 0 aromatic heterocycles. The summed E-state index contributed by atoms with van der Waals surface area (Å²) >= 11 is 0. The molecule has 33 heavy (non-hydrogen) atoms. The second-order valence-electron chi connectivity index (χ2n) is 11.6. The summed E-state index contributed by atoms with van der Waals surface area (Å²) < 4.78 is 35.0. The Labute approximate surface area is 201 Å². The van der Waals surface area contributed by atoms with Gasteiger partial charge in [-0.3, -0.25) is 0 Å². The molecule has 3 aliphatic carbocycles. The van der Waals surface area contributed by atoms with Crippen LogP contribution in [0.1, 0.15) is 122 Å². The fraction of sp³-hybridized carbons (Fsp3) is 0.800. The Bertz CT molecular complexity index is 739. The minimum atomic E-state index is -0.789. The zero-order chi connectivity index (χ0) is 23.2. The van der Waals surface area contributed by atoms with E-state index in [0.717, 1.165) is 49.4 Å². The molecule has 186 valence electrons. The van der Waals surface area contributed by atoms with Gasteiger partial charge < -0.3 is 4.74 Å². The molecule has 3 aliphatic rings. The largest absolute Gasteiger partial charge is 0.490 e. The summed E-state index contributed by atoms with van der Waals surface area (Å²) in [7, 11) is 0. The first-order chi connectivity index (χ1) is 16.1. The Kier molecular flexibility index (Phi) is 9.11. The number of hydrogen-bond donors (Lipinski definition) is 0. The van der Waals surface area contributed by atoms with Gasteiger partial charge in [0.05, 0.1) is 6.61 Å². The number of ether oxygens (including phenoxy) is 1. The summed E-state index contributed by atoms with van der Waals surface area (Å²) in [5.41, 5.74) is 0.582. The molecule has 3 heteroatoms. The van der Waals surface area contributed by atoms with Gasteiger partial charge in [-0.25, -0.2) is 4.39 Å². The SMILES string of the molecule is CCCCOc1ccc(C2CCC3CC(CCC4CCC(CC)CC4)CCC3C2)c(F)c1F. The highest BCUT2D eigenvalue weighted by atomic mass is 19.2. The summed E-state index contributed by atoms with van der Waals surface area (Å²) in [6, 6.07) is 3.45. The Morgan fingerprint density at radius 3 is 2.18 bits per heavy atom. The van der Waals surface area contributed by atoms with Crippen LogP contribution in [0.2, 0.25) is 0 Å². The molecule has 0 radical (unpaired) electrons. The van der Waals surface area contributed by atoms with E-state index in [1.165, 1.54) is 70.6 Å². The van der Waals surface area contributed by atoms with E-state index < -0.39 is 11.6 Å². The van der Waals surface area contributed by atoms with Gasteiger partial charge in [0.2, 0.25) is 5.82 Å². The van der Waals surface area contributed by atoms with E-state index in [9.17, 15) is 8.78 Å². The molecule has 1 aromatic rings. The second-order valence-corrected chi connectivity index (χ2v) is 11.6. The lowest BCUT2D eigenvalue weighted by Gasteiger charge is -2.43. The lowest BCUT2D eigenvalue weighted by Crippen LogP contribution is -2.31. The van der Waals surface area contributed by atoms with Crippen molar-refractivity contribution in [2.75, 3.05) is 6.61 Å². The first-order valence-electron chi connectivity index (χ1n) is 14.2. The molecule has 0 spiro atoms. The fourth-order valence-electron chi connectivity index (χ4n) is 7.23. The molecule has 1 nitrogen and oxygen atoms in total. The highest BCUT2D eigenvalue weighted by Gasteiger charge is 2.37. The monoisotopic (exact) mass is 460 g/mol. The maximum atomic E-state index is 14.9. The van der Waals surface area contributed by atoms with Crippen LogP contribution in [0.25, 0.3) is 0 Å². The normalized spacial score (nSPS) is 32.4. The lowest BCUT2D eigenvalue weighted by atomic mass is 9.63. The molecule has 0 heterocycles. The highest BCUT2D eigenvalue weighted by molar-refractivity contribution is 5.33. The summed E-state index contributed by atoms with van der Waals surface area (Å²) in [6.07, 6.45) is 19.1. The third-order valence-electron chi connectivity index (χ3n) is 9.52. The van der Waals surface area contributed by atoms with Crippen molar-refractivity contribution in [3.63, 3.8) is 0 Å². The molecule has 0 saturated heterocycles. The number of halogens is 2. The Morgan fingerprint density at radius 1 is 0.758 bits per heavy atom. The van der Waals surface area contributed by atoms with Crippen molar-refractivity contribution in [1.82, 2.24) is 0 Å². The number of benzene rings is 1. The van der Waals surface area contributed by atoms with Crippen LogP contribution in [0.3, 0.4) is 0 Å². The molecule has 0 amide bonds. The summed E-state index contributed by atoms with van der Waals surface area (Å²) in [4.78, 5) is 0. The van der Waals surface area contributed by atoms with Crippen molar-refractivity contribution in [2.24, 2.45) is 29.6 Å². The van der Waals surface area contributed by atoms with Crippen LogP contribution < -0.4 is 4.74 Å². The van der Waals surface area contributed by atoms with Gasteiger partial charge in [-0.1, -0.05) is 77.7 Å². The van der Waals surface area contributed by atoms with Crippen LogP contribution in [-0.2, 0) is 0 Å². The number of hydrogen-bond acceptors (Lipinski definition) is 1. The van der Waals surface area contributed by atoms with E-state index in [-0.39, 0.29) is 11.7 Å². The number of rotatable bonds is 9. The molecule has 4 atom stereocenters. The van der Waals surface area contributed by atoms with Gasteiger partial charge in [-0.15, -0.1) is 0 Å². The zero-order valence-corrected chi connectivity index (χ0v) is 21.1. The Balaban J connectivity index is 1.25. The number of unbranched alkanes of at least 4 members (excludes halogenated alkanes) is 1. The summed E-state index contributed by atoms with van der Waals surface area (Å²) in [5.74, 6) is 3.16. The molecule has 3 fully saturated rings. The van der Waals surface area contributed by atoms with E-state index in [1.54, 1.807) is 12.1 Å². The highest BCUT2D eigenvalue weighted by Crippen LogP contribution is 2.49. The summed E-state index contributed by atoms with van der Waals surface area (Å²) in [5, 5.41) is 0. The Morgan fingerprint density at radius 2 is 1.42 bits per heavy atom. The first kappa shape index (κ1) is 25.0. The fourth-order valence-corrected chi connectivity index (χ4v) is 7.23. The van der Waals surface area contributed by atoms with Crippen LogP contribution in [0.5, 0.6) is 5.75 Å². The van der Waals surface area contributed by atoms with Gasteiger partial charge in [-0.2, -0.15) is 4.39 Å². The maximum absolute atomic E-state index is 14.9. The van der Waals surface area contributed by atoms with Crippen molar-refractivity contribution in [3.05, 3.63) is 29.3 Å². The quantitative estimate of drug-likeness (QED) is 0.333. The van der Waals surface area contributed by atoms with E-state index in [2.05, 4.69) is 13.8 Å². The molecular weight excluding hydrogens is 414 g/mol. The standard InChI is InChI=1S/C30H46F2O/c1-3-5-18-33-28-17-16-27(29(31)30(28)32)26-15-14-24-19-23(12-13-25(24)20-26)11-10-22-8-6-21(4-2)7-9-22/h16-17,21-26H,3-15,18-20H2,1-2H3. The average molecular weight is 461 g/mol. The zero-order valence-electron chi connectivity index (χ0n) is 21.1. The second kappa shape index (κ2) is 12.0. The molecule has 1 aromatic carbocycles. The van der Waals surface area contributed by atoms with Crippen molar-refractivity contribution >= 4 is 0 Å². The van der Waals surface area contributed by atoms with Crippen LogP contribution in [0, 0.1) is 41.2 Å². The Hall–Kier alpha value is -1.12. The van der Waals surface area contributed by atoms with Gasteiger partial charge in [0, 0.05) is 0 Å². The molecule has 4 unspecified atom stereocenters. The minimum absolute atomic E-state index is 0.0714. The molecule has 0 aliphatic heterocycles. The predicted octanol–water partition coefficient (Wildman–Crippen LogP) is 9.44. The third-order valence-corrected chi connectivity index (χ3v) is 9.52. The van der Waals surface area contributed by atoms with Crippen LogP contribution in [0.4, 0.5) is 8.78 Å². The minimum Gasteiger partial charge on any atom is -0.490 e. The molecule has 4 rings (SSSR count). The van der Waals surface area contributed by atoms with Crippen LogP contribution >= 0.6 is 0 Å². The van der Waals surface area contributed by atoms with Crippen LogP contribution in [-0.4, -0.2) is 6.61 Å². The molecule has 3 saturated carbocycles. The van der Waals surface area contributed by atoms with E-state index in [1.807, 2.05) is 0 Å². The molecule has 0 bridgehead atoms. The van der Waals surface area contributed by atoms with E-state index >= 15 is 0 Å². The first-order valence-corrected chi connectivity index (χ1v) is 14.2. The third kappa shape index (κ3) is 6.31. The molecular formula is C30H46F2O. The van der Waals surface area contributed by atoms with Crippen LogP contribution in [0.15, 0.2) is 12.1 Å². The topological polar surface area (TPSA) is 9.23 Å². The van der Waals surface area contributed by atoms with E-state index in [0.29, 0.717) is 18.1 Å². The lowest BCUT2D eigenvalue weighted by molar-refractivity contribution is 0.108. The van der Waals surface area contributed by atoms with Gasteiger partial charge in [0.1, 0.15) is 0 Å². The van der Waals surface area contributed by atoms with Gasteiger partial charge in [-0.05, 0) is 85.7 Å². The van der Waals surface area contributed by atoms with Crippen molar-refractivity contribution < 1.29 is 13.5 Å². The van der Waals surface area contributed by atoms with Gasteiger partial charge in [0.25, 0.3) is 0 Å². The predicted molar refractivity (Wildman–Crippen MR) is 133 cm³/mol. The smallest absolute Gasteiger partial charge is 0.200 e. The van der Waals surface area contributed by atoms with Crippen molar-refractivity contribution in [2.45, 2.75) is 116 Å². The average Bonchev–Trinajstić information content (AvgIpc) is 2.85. The maximum Gasteiger partial charge on any atom is 0.200 e.